The van der Waals surface area contributed by atoms with Crippen LogP contribution >= 0.6 is 0 Å². The number of hydrogen-bond donors (Lipinski definition) is 4. The molecule has 0 unspecified atom stereocenters. The number of hydrazone groups is 1. The molecule has 4 N–H and O–H groups in total. The van der Waals surface area contributed by atoms with Crippen LogP contribution in [-0.2, 0) is 38.0 Å². The lowest BCUT2D eigenvalue weighted by molar-refractivity contribution is 0.404. The SMILES string of the molecule is [2H]C([2H])([2H])N(C([2H])([2H])[2H])C([2H])([2H])CC/C=N/Nc1ccc(CS(=O)(=O)NC)cc1.[2H]C([2H])([2H])N(C([2H])([2H])[2H])C([2H])([2H])Cc1c[nH]c2ccc(CS(=O)(=O)NC)cc12. The van der Waals surface area contributed by atoms with Gasteiger partial charge in [-0.2, -0.15) is 5.10 Å². The predicted octanol–water partition coefficient (Wildman–Crippen LogP) is 2.80. The molecule has 0 aliphatic rings. The van der Waals surface area contributed by atoms with E-state index in [0.717, 1.165) is 0 Å². The number of H-pyrrole nitrogens is 1. The van der Waals surface area contributed by atoms with Crippen molar-refractivity contribution >= 4 is 42.9 Å². The summed E-state index contributed by atoms with van der Waals surface area (Å²) in [5.74, 6) is -0.445. The summed E-state index contributed by atoms with van der Waals surface area (Å²) in [5, 5.41) is 4.37. The van der Waals surface area contributed by atoms with Crippen molar-refractivity contribution in [2.24, 2.45) is 5.10 Å². The van der Waals surface area contributed by atoms with Crippen LogP contribution in [-0.4, -0.2) is 92.8 Å². The maximum atomic E-state index is 11.8. The fourth-order valence-electron chi connectivity index (χ4n) is 3.31. The van der Waals surface area contributed by atoms with E-state index in [9.17, 15) is 16.8 Å². The largest absolute Gasteiger partial charge is 0.361 e. The second kappa shape index (κ2) is 16.6. The van der Waals surface area contributed by atoms with E-state index < -0.39 is 73.8 Å². The van der Waals surface area contributed by atoms with Gasteiger partial charge in [-0.05, 0) is 109 Å². The third-order valence-electron chi connectivity index (χ3n) is 5.38. The number of rotatable bonds is 15. The zero-order chi connectivity index (χ0) is 44.1. The number of aromatic nitrogens is 1. The van der Waals surface area contributed by atoms with Gasteiger partial charge >= 0.3 is 0 Å². The third kappa shape index (κ3) is 13.1. The molecule has 2 aromatic carbocycles. The summed E-state index contributed by atoms with van der Waals surface area (Å²) in [7, 11) is -4.26. The molecule has 1 aromatic heterocycles. The molecule has 0 fully saturated rings. The van der Waals surface area contributed by atoms with Gasteiger partial charge in [0.1, 0.15) is 0 Å². The number of likely N-dealkylation sites (N-methyl/N-ethyl adjacent to an activating group) is 1. The van der Waals surface area contributed by atoms with Crippen molar-refractivity contribution in [3.63, 3.8) is 0 Å². The molecule has 0 aliphatic heterocycles. The van der Waals surface area contributed by atoms with Gasteiger partial charge in [-0.15, -0.1) is 0 Å². The highest BCUT2D eigenvalue weighted by molar-refractivity contribution is 7.88. The molecule has 0 bridgehead atoms. The number of hydrogen-bond acceptors (Lipinski definition) is 8. The van der Waals surface area contributed by atoms with E-state index in [1.807, 2.05) is 0 Å². The molecule has 0 radical (unpaired) electrons. The Morgan fingerprint density at radius 1 is 0.902 bits per heavy atom. The van der Waals surface area contributed by atoms with Crippen molar-refractivity contribution < 1.29 is 38.8 Å². The zero-order valence-electron chi connectivity index (χ0n) is 38.5. The van der Waals surface area contributed by atoms with Gasteiger partial charge < -0.3 is 14.8 Å². The minimum Gasteiger partial charge on any atom is -0.361 e. The first-order valence-corrected chi connectivity index (χ1v) is 15.3. The number of benzene rings is 2. The average Bonchev–Trinajstić information content (AvgIpc) is 3.39. The van der Waals surface area contributed by atoms with Crippen LogP contribution in [0.5, 0.6) is 0 Å². The molecule has 0 saturated carbocycles. The number of sulfonamides is 2. The fourth-order valence-corrected chi connectivity index (χ4v) is 4.85. The van der Waals surface area contributed by atoms with Crippen LogP contribution in [0.2, 0.25) is 0 Å². The first-order chi connectivity index (χ1) is 25.6. The quantitative estimate of drug-likeness (QED) is 0.151. The van der Waals surface area contributed by atoms with Crippen LogP contribution in [0.4, 0.5) is 5.69 Å². The minimum absolute atomic E-state index is 0.0127. The van der Waals surface area contributed by atoms with Crippen molar-refractivity contribution in [1.29, 1.82) is 0 Å². The number of aryl methyl sites for hydroxylation is 1. The molecule has 1 heterocycles. The van der Waals surface area contributed by atoms with Gasteiger partial charge in [0.2, 0.25) is 20.0 Å². The predicted molar refractivity (Wildman–Crippen MR) is 170 cm³/mol. The Morgan fingerprint density at radius 3 is 2.15 bits per heavy atom. The molecule has 3 aromatic rings. The van der Waals surface area contributed by atoms with E-state index in [4.69, 9.17) is 21.9 Å². The monoisotopic (exact) mass is 623 g/mol. The van der Waals surface area contributed by atoms with Crippen molar-refractivity contribution in [2.45, 2.75) is 30.8 Å². The van der Waals surface area contributed by atoms with Crippen molar-refractivity contribution in [3.05, 3.63) is 65.4 Å². The van der Waals surface area contributed by atoms with Crippen molar-refractivity contribution in [2.75, 3.05) is 60.4 Å². The molecule has 0 spiro atoms. The summed E-state index contributed by atoms with van der Waals surface area (Å²) in [4.78, 5) is 2.71. The van der Waals surface area contributed by atoms with Crippen LogP contribution in [0.15, 0.2) is 53.8 Å². The van der Waals surface area contributed by atoms with Gasteiger partial charge in [0.05, 0.1) is 17.2 Å². The summed E-state index contributed by atoms with van der Waals surface area (Å²) >= 11 is 0. The molecular formula is C28H45N7O4S2. The van der Waals surface area contributed by atoms with Crippen LogP contribution in [0.3, 0.4) is 0 Å². The van der Waals surface area contributed by atoms with Crippen LogP contribution in [0.1, 0.15) is 51.5 Å². The smallest absolute Gasteiger partial charge is 0.215 e. The molecule has 11 nitrogen and oxygen atoms in total. The number of anilines is 1. The highest BCUT2D eigenvalue weighted by atomic mass is 32.2. The Hall–Kier alpha value is -2.81. The van der Waals surface area contributed by atoms with E-state index in [-0.39, 0.29) is 27.7 Å². The van der Waals surface area contributed by atoms with Crippen molar-refractivity contribution in [3.8, 4) is 0 Å². The second-order valence-corrected chi connectivity index (χ2v) is 12.3. The maximum Gasteiger partial charge on any atom is 0.215 e. The van der Waals surface area contributed by atoms with Gasteiger partial charge in [0, 0.05) is 51.7 Å². The number of nitrogens with one attached hydrogen (secondary N) is 4. The van der Waals surface area contributed by atoms with Gasteiger partial charge in [-0.1, -0.05) is 18.2 Å². The minimum atomic E-state index is -3.52. The average molecular weight is 624 g/mol. The van der Waals surface area contributed by atoms with Crippen molar-refractivity contribution in [1.82, 2.24) is 24.2 Å². The molecule has 13 heteroatoms. The van der Waals surface area contributed by atoms with E-state index in [2.05, 4.69) is 25.0 Å². The lowest BCUT2D eigenvalue weighted by Gasteiger charge is -2.08. The highest BCUT2D eigenvalue weighted by Crippen LogP contribution is 2.21. The molecule has 41 heavy (non-hydrogen) atoms. The molecule has 0 atom stereocenters. The Labute approximate surface area is 268 Å². The van der Waals surface area contributed by atoms with Gasteiger partial charge in [-0.3, -0.25) is 5.43 Å². The molecule has 3 rings (SSSR count). The number of fused-ring (bicyclic) bond motifs is 1. The number of nitrogens with zero attached hydrogens (tertiary/aromatic N) is 3. The topological polar surface area (TPSA) is 139 Å². The van der Waals surface area contributed by atoms with Gasteiger partial charge in [-0.25, -0.2) is 26.3 Å². The fraction of sp³-hybridized carbons (Fsp3) is 0.464. The molecule has 0 aliphatic carbocycles. The maximum absolute atomic E-state index is 11.8. The molecule has 0 saturated heterocycles. The summed E-state index contributed by atoms with van der Waals surface area (Å²) in [6.07, 6.45) is 1.83. The highest BCUT2D eigenvalue weighted by Gasteiger charge is 2.11. The molecule has 228 valence electrons. The van der Waals surface area contributed by atoms with E-state index in [1.165, 1.54) is 26.5 Å². The Bertz CT molecular complexity index is 2000. The lowest BCUT2D eigenvalue weighted by Crippen LogP contribution is -2.20. The standard InChI is InChI=1S/C14H24N4O2S.C14H21N3O2S/c1-15-21(19,20)12-13-6-8-14(9-7-13)17-16-10-4-5-11-18(2)3;1-15-20(18,19)10-11-4-5-14-13(8-11)12(9-16-14)6-7-17(2)3/h6-10,15,17H,4-5,11-12H2,1-3H3;4-5,8-9,15-16H,6-7,10H2,1-3H3/b16-10+;/i2D3,3D3,11D2;2D3,3D3,7D2. The zero-order valence-corrected chi connectivity index (χ0v) is 24.2. The summed E-state index contributed by atoms with van der Waals surface area (Å²) in [6, 6.07) is 11.2. The lowest BCUT2D eigenvalue weighted by atomic mass is 10.1. The normalized spacial score (nSPS) is 20.0. The Kier molecular flexibility index (Phi) is 7.02. The van der Waals surface area contributed by atoms with E-state index in [0.29, 0.717) is 33.3 Å². The Balaban J connectivity index is 0.000000394. The Morgan fingerprint density at radius 2 is 1.51 bits per heavy atom. The van der Waals surface area contributed by atoms with Gasteiger partial charge in [0.15, 0.2) is 0 Å². The van der Waals surface area contributed by atoms with Crippen LogP contribution in [0, 0.1) is 0 Å². The molecule has 0 amide bonds. The first kappa shape index (κ1) is 17.3. The van der Waals surface area contributed by atoms with Crippen LogP contribution in [0.25, 0.3) is 10.9 Å². The summed E-state index contributed by atoms with van der Waals surface area (Å²) < 4.78 is 171. The second-order valence-electron chi connectivity index (χ2n) is 8.44. The summed E-state index contributed by atoms with van der Waals surface area (Å²) in [5.41, 5.74) is 5.18. The van der Waals surface area contributed by atoms with E-state index in [1.54, 1.807) is 42.5 Å². The first-order valence-electron chi connectivity index (χ1n) is 20.0. The van der Waals surface area contributed by atoms with Crippen LogP contribution < -0.4 is 14.9 Å². The van der Waals surface area contributed by atoms with Gasteiger partial charge in [0.25, 0.3) is 0 Å². The number of aromatic amines is 1. The summed E-state index contributed by atoms with van der Waals surface area (Å²) in [6.45, 7) is -17.9. The third-order valence-corrected chi connectivity index (χ3v) is 8.05. The molecular weight excluding hydrogens is 562 g/mol. The van der Waals surface area contributed by atoms with E-state index >= 15 is 0 Å².